The number of benzene rings is 1. The molecule has 3 rings (SSSR count). The fourth-order valence-electron chi connectivity index (χ4n) is 2.40. The number of hydrogen-bond donors (Lipinski definition) is 0. The van der Waals surface area contributed by atoms with E-state index in [0.29, 0.717) is 6.61 Å². The van der Waals surface area contributed by atoms with Crippen LogP contribution >= 0.6 is 0 Å². The van der Waals surface area contributed by atoms with Crippen molar-refractivity contribution in [3.63, 3.8) is 0 Å². The third kappa shape index (κ3) is 3.36. The summed E-state index contributed by atoms with van der Waals surface area (Å²) in [5.74, 6) is 2.54. The van der Waals surface area contributed by atoms with E-state index in [1.807, 2.05) is 55.0 Å². The molecule has 120 valence electrons. The van der Waals surface area contributed by atoms with Gasteiger partial charge >= 0.3 is 0 Å². The maximum absolute atomic E-state index is 5.77. The summed E-state index contributed by atoms with van der Waals surface area (Å²) in [5, 5.41) is 4.41. The highest BCUT2D eigenvalue weighted by Crippen LogP contribution is 2.19. The van der Waals surface area contributed by atoms with Gasteiger partial charge in [-0.2, -0.15) is 5.10 Å². The number of ether oxygens (including phenoxy) is 2. The Kier molecular flexibility index (Phi) is 4.32. The third-order valence-corrected chi connectivity index (χ3v) is 3.61. The van der Waals surface area contributed by atoms with Crippen LogP contribution in [0, 0.1) is 6.92 Å². The molecule has 0 fully saturated rings. The molecule has 6 nitrogen and oxygen atoms in total. The second-order valence-corrected chi connectivity index (χ2v) is 5.31. The van der Waals surface area contributed by atoms with Crippen molar-refractivity contribution in [2.24, 2.45) is 0 Å². The van der Waals surface area contributed by atoms with Crippen LogP contribution < -0.4 is 14.4 Å². The van der Waals surface area contributed by atoms with E-state index >= 15 is 0 Å². The lowest BCUT2D eigenvalue weighted by Gasteiger charge is -2.19. The number of aryl methyl sites for hydroxylation is 1. The van der Waals surface area contributed by atoms with Gasteiger partial charge in [-0.25, -0.2) is 9.50 Å². The molecule has 1 aromatic carbocycles. The lowest BCUT2D eigenvalue weighted by molar-refractivity contribution is 0.325. The standard InChI is InChI=1S/C17H20N4O2/c1-13-12-16-17(18-8-9-21(16)19-13)20(2)10-11-23-15-6-4-14(22-3)5-7-15/h4-9,12H,10-11H2,1-3H3. The van der Waals surface area contributed by atoms with E-state index < -0.39 is 0 Å². The predicted molar refractivity (Wildman–Crippen MR) is 89.5 cm³/mol. The highest BCUT2D eigenvalue weighted by Gasteiger charge is 2.10. The second kappa shape index (κ2) is 6.56. The first-order chi connectivity index (χ1) is 11.2. The molecule has 0 aliphatic carbocycles. The van der Waals surface area contributed by atoms with Crippen molar-refractivity contribution in [1.29, 1.82) is 0 Å². The Morgan fingerprint density at radius 1 is 1.17 bits per heavy atom. The molecule has 0 amide bonds. The number of hydrogen-bond acceptors (Lipinski definition) is 5. The summed E-state index contributed by atoms with van der Waals surface area (Å²) in [4.78, 5) is 6.53. The zero-order chi connectivity index (χ0) is 16.2. The summed E-state index contributed by atoms with van der Waals surface area (Å²) >= 11 is 0. The molecule has 0 radical (unpaired) electrons. The van der Waals surface area contributed by atoms with Crippen LogP contribution in [0.3, 0.4) is 0 Å². The van der Waals surface area contributed by atoms with Crippen LogP contribution in [0.4, 0.5) is 5.82 Å². The lowest BCUT2D eigenvalue weighted by atomic mass is 10.3. The maximum Gasteiger partial charge on any atom is 0.154 e. The molecule has 0 aliphatic rings. The number of rotatable bonds is 6. The molecule has 23 heavy (non-hydrogen) atoms. The molecule has 2 heterocycles. The van der Waals surface area contributed by atoms with Crippen LogP contribution in [0.15, 0.2) is 42.7 Å². The van der Waals surface area contributed by atoms with Gasteiger partial charge in [0.1, 0.15) is 23.6 Å². The van der Waals surface area contributed by atoms with Gasteiger partial charge in [0.25, 0.3) is 0 Å². The smallest absolute Gasteiger partial charge is 0.154 e. The highest BCUT2D eigenvalue weighted by atomic mass is 16.5. The van der Waals surface area contributed by atoms with Crippen LogP contribution in [0.1, 0.15) is 5.69 Å². The van der Waals surface area contributed by atoms with E-state index in [-0.39, 0.29) is 0 Å². The number of likely N-dealkylation sites (N-methyl/N-ethyl adjacent to an activating group) is 1. The lowest BCUT2D eigenvalue weighted by Crippen LogP contribution is -2.25. The Morgan fingerprint density at radius 3 is 2.65 bits per heavy atom. The fourth-order valence-corrected chi connectivity index (χ4v) is 2.40. The van der Waals surface area contributed by atoms with Gasteiger partial charge in [-0.1, -0.05) is 0 Å². The van der Waals surface area contributed by atoms with Gasteiger partial charge in [-0.15, -0.1) is 0 Å². The Bertz CT molecular complexity index is 783. The largest absolute Gasteiger partial charge is 0.497 e. The Hall–Kier alpha value is -2.76. The van der Waals surface area contributed by atoms with E-state index in [1.165, 1.54) is 0 Å². The molecule has 2 aromatic heterocycles. The van der Waals surface area contributed by atoms with Gasteiger partial charge in [0.2, 0.25) is 0 Å². The number of fused-ring (bicyclic) bond motifs is 1. The minimum atomic E-state index is 0.568. The molecule has 0 unspecified atom stereocenters. The zero-order valence-electron chi connectivity index (χ0n) is 13.6. The van der Waals surface area contributed by atoms with E-state index in [2.05, 4.69) is 15.0 Å². The Balaban J connectivity index is 1.63. The second-order valence-electron chi connectivity index (χ2n) is 5.31. The third-order valence-electron chi connectivity index (χ3n) is 3.61. The van der Waals surface area contributed by atoms with E-state index in [4.69, 9.17) is 9.47 Å². The van der Waals surface area contributed by atoms with Crippen molar-refractivity contribution < 1.29 is 9.47 Å². The van der Waals surface area contributed by atoms with Crippen LogP contribution in [-0.4, -0.2) is 41.9 Å². The summed E-state index contributed by atoms with van der Waals surface area (Å²) in [6.45, 7) is 3.27. The first kappa shape index (κ1) is 15.1. The van der Waals surface area contributed by atoms with Crippen LogP contribution in [-0.2, 0) is 0 Å². The van der Waals surface area contributed by atoms with Crippen molar-refractivity contribution in [3.8, 4) is 11.5 Å². The summed E-state index contributed by atoms with van der Waals surface area (Å²) in [6.07, 6.45) is 3.61. The molecule has 0 N–H and O–H groups in total. The van der Waals surface area contributed by atoms with Crippen molar-refractivity contribution in [2.75, 3.05) is 32.2 Å². The first-order valence-corrected chi connectivity index (χ1v) is 7.46. The van der Waals surface area contributed by atoms with Gasteiger partial charge < -0.3 is 14.4 Å². The van der Waals surface area contributed by atoms with Crippen molar-refractivity contribution >= 4 is 11.3 Å². The summed E-state index contributed by atoms with van der Waals surface area (Å²) < 4.78 is 12.7. The number of aromatic nitrogens is 3. The SMILES string of the molecule is COc1ccc(OCCN(C)c2nccn3nc(C)cc23)cc1. The van der Waals surface area contributed by atoms with Crippen LogP contribution in [0.25, 0.3) is 5.52 Å². The molecule has 0 aliphatic heterocycles. The van der Waals surface area contributed by atoms with Crippen LogP contribution in [0.5, 0.6) is 11.5 Å². The molecule has 3 aromatic rings. The average Bonchev–Trinajstić information content (AvgIpc) is 2.95. The Labute approximate surface area is 135 Å². The number of methoxy groups -OCH3 is 1. The Morgan fingerprint density at radius 2 is 1.91 bits per heavy atom. The van der Waals surface area contributed by atoms with Gasteiger partial charge in [0.05, 0.1) is 19.3 Å². The van der Waals surface area contributed by atoms with Crippen molar-refractivity contribution in [1.82, 2.24) is 14.6 Å². The molecule has 0 spiro atoms. The fraction of sp³-hybridized carbons (Fsp3) is 0.294. The number of anilines is 1. The van der Waals surface area contributed by atoms with E-state index in [1.54, 1.807) is 13.3 Å². The molecule has 0 atom stereocenters. The number of nitrogens with zero attached hydrogens (tertiary/aromatic N) is 4. The molecule has 0 bridgehead atoms. The zero-order valence-corrected chi connectivity index (χ0v) is 13.6. The van der Waals surface area contributed by atoms with Gasteiger partial charge in [-0.3, -0.25) is 0 Å². The van der Waals surface area contributed by atoms with Crippen LogP contribution in [0.2, 0.25) is 0 Å². The van der Waals surface area contributed by atoms with Gasteiger partial charge in [-0.05, 0) is 37.3 Å². The van der Waals surface area contributed by atoms with Crippen molar-refractivity contribution in [3.05, 3.63) is 48.4 Å². The predicted octanol–water partition coefficient (Wildman–Crippen LogP) is 2.56. The molecule has 0 saturated carbocycles. The van der Waals surface area contributed by atoms with E-state index in [9.17, 15) is 0 Å². The monoisotopic (exact) mass is 312 g/mol. The quantitative estimate of drug-likeness (QED) is 0.700. The average molecular weight is 312 g/mol. The molecule has 0 saturated heterocycles. The van der Waals surface area contributed by atoms with Gasteiger partial charge in [0, 0.05) is 19.4 Å². The summed E-state index contributed by atoms with van der Waals surface area (Å²) in [5.41, 5.74) is 1.97. The normalized spacial score (nSPS) is 10.7. The minimum absolute atomic E-state index is 0.568. The molecular weight excluding hydrogens is 292 g/mol. The van der Waals surface area contributed by atoms with E-state index in [0.717, 1.165) is 35.1 Å². The first-order valence-electron chi connectivity index (χ1n) is 7.46. The highest BCUT2D eigenvalue weighted by molar-refractivity contribution is 5.68. The summed E-state index contributed by atoms with van der Waals surface area (Å²) in [7, 11) is 3.65. The molecule has 6 heteroatoms. The van der Waals surface area contributed by atoms with Crippen molar-refractivity contribution in [2.45, 2.75) is 6.92 Å². The summed E-state index contributed by atoms with van der Waals surface area (Å²) in [6, 6.07) is 9.60. The minimum Gasteiger partial charge on any atom is -0.497 e. The topological polar surface area (TPSA) is 51.9 Å². The van der Waals surface area contributed by atoms with Gasteiger partial charge in [0.15, 0.2) is 5.82 Å². The maximum atomic E-state index is 5.77. The molecular formula is C17H20N4O2.